The molecule has 0 bridgehead atoms. The van der Waals surface area contributed by atoms with Crippen molar-refractivity contribution in [3.8, 4) is 5.75 Å². The van der Waals surface area contributed by atoms with Crippen molar-refractivity contribution in [2.75, 3.05) is 0 Å². The number of hydrogen-bond donors (Lipinski definition) is 0. The molecule has 5 nitrogen and oxygen atoms in total. The summed E-state index contributed by atoms with van der Waals surface area (Å²) in [6, 6.07) is 5.66. The highest BCUT2D eigenvalue weighted by atomic mass is 79.9. The summed E-state index contributed by atoms with van der Waals surface area (Å²) < 4.78 is 64.4. The Balaban J connectivity index is 2.66. The quantitative estimate of drug-likeness (QED) is 0.588. The lowest BCUT2D eigenvalue weighted by Crippen LogP contribution is -2.31. The van der Waals surface area contributed by atoms with Gasteiger partial charge in [-0.3, -0.25) is 4.79 Å². The van der Waals surface area contributed by atoms with E-state index < -0.39 is 26.9 Å². The largest absolute Gasteiger partial charge is 0.534 e. The van der Waals surface area contributed by atoms with Gasteiger partial charge >= 0.3 is 15.6 Å². The van der Waals surface area contributed by atoms with Crippen LogP contribution in [0.25, 0.3) is 10.9 Å². The molecule has 1 heterocycles. The van der Waals surface area contributed by atoms with Crippen LogP contribution in [-0.4, -0.2) is 18.5 Å². The smallest absolute Gasteiger partial charge is 0.370 e. The van der Waals surface area contributed by atoms with Crippen molar-refractivity contribution in [2.24, 2.45) is 7.05 Å². The van der Waals surface area contributed by atoms with Crippen molar-refractivity contribution >= 4 is 37.0 Å². The maximum Gasteiger partial charge on any atom is 0.534 e. The van der Waals surface area contributed by atoms with Crippen molar-refractivity contribution in [1.29, 1.82) is 0 Å². The van der Waals surface area contributed by atoms with Crippen LogP contribution in [-0.2, 0) is 17.2 Å². The van der Waals surface area contributed by atoms with E-state index in [9.17, 15) is 26.4 Å². The summed E-state index contributed by atoms with van der Waals surface area (Å²) in [5.74, 6) is -0.916. The molecule has 0 radical (unpaired) electrons. The summed E-state index contributed by atoms with van der Waals surface area (Å²) in [6.07, 6.45) is 0. The first-order valence-electron chi connectivity index (χ1n) is 5.33. The molecule has 1 aromatic carbocycles. The van der Waals surface area contributed by atoms with E-state index in [-0.39, 0.29) is 0 Å². The minimum Gasteiger partial charge on any atom is -0.370 e. The first-order chi connectivity index (χ1) is 9.53. The van der Waals surface area contributed by atoms with Crippen LogP contribution in [0.15, 0.2) is 33.5 Å². The highest BCUT2D eigenvalue weighted by Crippen LogP contribution is 2.27. The van der Waals surface area contributed by atoms with Gasteiger partial charge < -0.3 is 8.75 Å². The standard InChI is InChI=1S/C11H7BrF3NO4S/c1-16-8-3-2-7(12)4-6(8)5-9(10(16)17)20-21(18,19)11(13,14)15/h2-5H,1H3. The Kier molecular flexibility index (Phi) is 3.79. The second-order valence-electron chi connectivity index (χ2n) is 4.06. The second kappa shape index (κ2) is 5.02. The molecule has 1 aromatic heterocycles. The van der Waals surface area contributed by atoms with Crippen molar-refractivity contribution in [3.63, 3.8) is 0 Å². The first-order valence-corrected chi connectivity index (χ1v) is 7.53. The number of fused-ring (bicyclic) bond motifs is 1. The lowest BCUT2D eigenvalue weighted by molar-refractivity contribution is -0.0500. The lowest BCUT2D eigenvalue weighted by Gasteiger charge is -2.11. The van der Waals surface area contributed by atoms with Crippen LogP contribution in [0.1, 0.15) is 0 Å². The van der Waals surface area contributed by atoms with Crippen molar-refractivity contribution < 1.29 is 25.8 Å². The molecule has 0 saturated heterocycles. The summed E-state index contributed by atoms with van der Waals surface area (Å²) in [6.45, 7) is 0. The molecule has 0 N–H and O–H groups in total. The van der Waals surface area contributed by atoms with Crippen molar-refractivity contribution in [3.05, 3.63) is 39.1 Å². The second-order valence-corrected chi connectivity index (χ2v) is 6.51. The molecule has 0 unspecified atom stereocenters. The molecule has 21 heavy (non-hydrogen) atoms. The van der Waals surface area contributed by atoms with Crippen LogP contribution in [0.3, 0.4) is 0 Å². The highest BCUT2D eigenvalue weighted by Gasteiger charge is 2.49. The minimum absolute atomic E-state index is 0.346. The number of hydrogen-bond acceptors (Lipinski definition) is 4. The Hall–Kier alpha value is -1.55. The zero-order chi connectivity index (χ0) is 16.0. The molecule has 0 fully saturated rings. The number of aryl methyl sites for hydroxylation is 1. The maximum atomic E-state index is 12.3. The monoisotopic (exact) mass is 385 g/mol. The van der Waals surface area contributed by atoms with Gasteiger partial charge in [0.2, 0.25) is 5.75 Å². The zero-order valence-corrected chi connectivity index (χ0v) is 12.7. The van der Waals surface area contributed by atoms with Crippen LogP contribution in [0.5, 0.6) is 5.75 Å². The zero-order valence-electron chi connectivity index (χ0n) is 10.3. The van der Waals surface area contributed by atoms with E-state index in [0.29, 0.717) is 15.4 Å². The van der Waals surface area contributed by atoms with Crippen molar-refractivity contribution in [2.45, 2.75) is 5.51 Å². The fourth-order valence-electron chi connectivity index (χ4n) is 1.65. The van der Waals surface area contributed by atoms with Crippen LogP contribution in [0.2, 0.25) is 0 Å². The van der Waals surface area contributed by atoms with Gasteiger partial charge in [-0.2, -0.15) is 21.6 Å². The third kappa shape index (κ3) is 2.91. The molecule has 0 saturated carbocycles. The normalized spacial score (nSPS) is 12.6. The Labute approximate surface area is 125 Å². The van der Waals surface area contributed by atoms with Gasteiger partial charge in [0.15, 0.2) is 0 Å². The molecule has 0 atom stereocenters. The number of alkyl halides is 3. The summed E-state index contributed by atoms with van der Waals surface area (Å²) in [7, 11) is -4.60. The van der Waals surface area contributed by atoms with Crippen LogP contribution >= 0.6 is 15.9 Å². The molecule has 0 aliphatic rings. The molecule has 0 spiro atoms. The van der Waals surface area contributed by atoms with E-state index in [2.05, 4.69) is 20.1 Å². The Bertz CT molecular complexity index is 873. The average molecular weight is 386 g/mol. The van der Waals surface area contributed by atoms with E-state index in [4.69, 9.17) is 0 Å². The molecule has 2 aromatic rings. The summed E-state index contributed by atoms with van der Waals surface area (Å²) in [4.78, 5) is 11.9. The summed E-state index contributed by atoms with van der Waals surface area (Å²) >= 11 is 3.17. The number of pyridine rings is 1. The van der Waals surface area contributed by atoms with Gasteiger partial charge in [-0.25, -0.2) is 0 Å². The molecule has 114 valence electrons. The number of benzene rings is 1. The van der Waals surface area contributed by atoms with Gasteiger partial charge in [-0.1, -0.05) is 15.9 Å². The highest BCUT2D eigenvalue weighted by molar-refractivity contribution is 9.10. The minimum atomic E-state index is -5.89. The lowest BCUT2D eigenvalue weighted by atomic mass is 10.2. The van der Waals surface area contributed by atoms with Gasteiger partial charge in [0, 0.05) is 16.9 Å². The SMILES string of the molecule is Cn1c(=O)c(OS(=O)(=O)C(F)(F)F)cc2cc(Br)ccc21. The predicted molar refractivity (Wildman–Crippen MR) is 72.5 cm³/mol. The average Bonchev–Trinajstić information content (AvgIpc) is 2.33. The fraction of sp³-hybridized carbons (Fsp3) is 0.182. The van der Waals surface area contributed by atoms with E-state index in [1.54, 1.807) is 12.1 Å². The topological polar surface area (TPSA) is 65.4 Å². The van der Waals surface area contributed by atoms with Gasteiger partial charge in [-0.15, -0.1) is 0 Å². The molecule has 10 heteroatoms. The Morgan fingerprint density at radius 1 is 1.24 bits per heavy atom. The van der Waals surface area contributed by atoms with E-state index in [0.717, 1.165) is 10.6 Å². The van der Waals surface area contributed by atoms with Crippen LogP contribution in [0.4, 0.5) is 13.2 Å². The Morgan fingerprint density at radius 2 is 1.86 bits per heavy atom. The van der Waals surface area contributed by atoms with Gasteiger partial charge in [0.05, 0.1) is 5.52 Å². The maximum absolute atomic E-state index is 12.3. The van der Waals surface area contributed by atoms with E-state index in [1.165, 1.54) is 13.1 Å². The molecule has 2 rings (SSSR count). The van der Waals surface area contributed by atoms with E-state index >= 15 is 0 Å². The van der Waals surface area contributed by atoms with Crippen molar-refractivity contribution in [1.82, 2.24) is 4.57 Å². The van der Waals surface area contributed by atoms with E-state index in [1.807, 2.05) is 0 Å². The fourth-order valence-corrected chi connectivity index (χ4v) is 2.48. The number of rotatable bonds is 2. The molecular weight excluding hydrogens is 379 g/mol. The molecule has 0 amide bonds. The third-order valence-electron chi connectivity index (χ3n) is 2.64. The summed E-state index contributed by atoms with van der Waals surface area (Å²) in [5, 5.41) is 0.346. The molecule has 0 aliphatic carbocycles. The van der Waals surface area contributed by atoms with Gasteiger partial charge in [0.25, 0.3) is 5.56 Å². The number of aromatic nitrogens is 1. The van der Waals surface area contributed by atoms with Gasteiger partial charge in [0.1, 0.15) is 0 Å². The Morgan fingerprint density at radius 3 is 2.43 bits per heavy atom. The molecular formula is C11H7BrF3NO4S. The number of nitrogens with zero attached hydrogens (tertiary/aromatic N) is 1. The summed E-state index contributed by atoms with van der Waals surface area (Å²) in [5.41, 5.74) is -6.18. The third-order valence-corrected chi connectivity index (χ3v) is 4.10. The van der Waals surface area contributed by atoms with Crippen LogP contribution < -0.4 is 9.74 Å². The number of halogens is 4. The molecule has 0 aliphatic heterocycles. The first kappa shape index (κ1) is 15.8. The predicted octanol–water partition coefficient (Wildman–Crippen LogP) is 2.53. The van der Waals surface area contributed by atoms with Gasteiger partial charge in [-0.05, 0) is 24.3 Å². The van der Waals surface area contributed by atoms with Crippen LogP contribution in [0, 0.1) is 0 Å².